The number of nitrogen functional groups attached to an aromatic ring is 1. The van der Waals surface area contributed by atoms with Crippen LogP contribution in [0.15, 0.2) is 22.7 Å². The Morgan fingerprint density at radius 3 is 2.67 bits per heavy atom. The molecule has 0 atom stereocenters. The van der Waals surface area contributed by atoms with Crippen molar-refractivity contribution in [1.82, 2.24) is 0 Å². The van der Waals surface area contributed by atoms with Crippen molar-refractivity contribution in [2.75, 3.05) is 18.5 Å². The Bertz CT molecular complexity index is 363. The van der Waals surface area contributed by atoms with Crippen LogP contribution in [0.2, 0.25) is 0 Å². The van der Waals surface area contributed by atoms with Gasteiger partial charge in [0, 0.05) is 23.6 Å². The van der Waals surface area contributed by atoms with Gasteiger partial charge in [0.15, 0.2) is 0 Å². The number of hydrogen-bond donors (Lipinski definition) is 2. The Morgan fingerprint density at radius 1 is 1.53 bits per heavy atom. The van der Waals surface area contributed by atoms with Gasteiger partial charge < -0.3 is 10.6 Å². The van der Waals surface area contributed by atoms with Crippen LogP contribution >= 0.6 is 15.9 Å². The number of amidine groups is 1. The zero-order chi connectivity index (χ0) is 11.4. The molecule has 4 heteroatoms. The van der Waals surface area contributed by atoms with E-state index >= 15 is 0 Å². The normalized spacial score (nSPS) is 10.1. The summed E-state index contributed by atoms with van der Waals surface area (Å²) in [6, 6.07) is 5.73. The minimum atomic E-state index is 0.0976. The van der Waals surface area contributed by atoms with E-state index < -0.39 is 0 Å². The molecule has 82 valence electrons. The first kappa shape index (κ1) is 12.0. The van der Waals surface area contributed by atoms with Crippen LogP contribution in [0.3, 0.4) is 0 Å². The Labute approximate surface area is 98.9 Å². The fourth-order valence-electron chi connectivity index (χ4n) is 1.44. The highest BCUT2D eigenvalue weighted by Gasteiger charge is 2.06. The van der Waals surface area contributed by atoms with Crippen LogP contribution in [-0.2, 0) is 0 Å². The Hall–Kier alpha value is -1.03. The molecule has 0 bridgehead atoms. The van der Waals surface area contributed by atoms with Crippen molar-refractivity contribution < 1.29 is 0 Å². The topological polar surface area (TPSA) is 53.1 Å². The van der Waals surface area contributed by atoms with Gasteiger partial charge in [-0.25, -0.2) is 0 Å². The summed E-state index contributed by atoms with van der Waals surface area (Å²) in [6.45, 7) is 3.16. The Kier molecular flexibility index (Phi) is 4.15. The van der Waals surface area contributed by atoms with Crippen LogP contribution in [0.25, 0.3) is 0 Å². The lowest BCUT2D eigenvalue weighted by atomic mass is 10.2. The number of nitrogens with one attached hydrogen (secondary N) is 1. The highest BCUT2D eigenvalue weighted by molar-refractivity contribution is 9.10. The summed E-state index contributed by atoms with van der Waals surface area (Å²) in [5.74, 6) is 0.0976. The van der Waals surface area contributed by atoms with Gasteiger partial charge in [0.05, 0.1) is 5.69 Å². The molecule has 1 aromatic carbocycles. The predicted octanol–water partition coefficient (Wildman–Crippen LogP) is 2.58. The first-order chi connectivity index (χ1) is 7.06. The molecule has 0 saturated carbocycles. The van der Waals surface area contributed by atoms with Crippen molar-refractivity contribution in [1.29, 1.82) is 5.41 Å². The van der Waals surface area contributed by atoms with E-state index in [4.69, 9.17) is 11.1 Å². The molecule has 1 aromatic rings. The molecule has 0 heterocycles. The molecule has 3 nitrogen and oxygen atoms in total. The van der Waals surface area contributed by atoms with Crippen molar-refractivity contribution in [2.24, 2.45) is 5.73 Å². The molecular formula is C11H16BrN3. The number of hydrogen-bond acceptors (Lipinski definition) is 2. The second-order valence-corrected chi connectivity index (χ2v) is 4.36. The first-order valence-electron chi connectivity index (χ1n) is 4.91. The summed E-state index contributed by atoms with van der Waals surface area (Å²) >= 11 is 3.49. The Balaban J connectivity index is 2.97. The van der Waals surface area contributed by atoms with E-state index in [1.54, 1.807) is 0 Å². The molecule has 0 fully saturated rings. The SMILES string of the molecule is CCCN(C)c1ccc(C(=N)N)cc1Br. The second-order valence-electron chi connectivity index (χ2n) is 3.50. The van der Waals surface area contributed by atoms with Gasteiger partial charge in [0.1, 0.15) is 5.84 Å². The second kappa shape index (κ2) is 5.16. The van der Waals surface area contributed by atoms with Crippen molar-refractivity contribution in [2.45, 2.75) is 13.3 Å². The highest BCUT2D eigenvalue weighted by Crippen LogP contribution is 2.26. The predicted molar refractivity (Wildman–Crippen MR) is 68.7 cm³/mol. The number of halogens is 1. The van der Waals surface area contributed by atoms with Crippen molar-refractivity contribution in [3.63, 3.8) is 0 Å². The first-order valence-corrected chi connectivity index (χ1v) is 5.70. The van der Waals surface area contributed by atoms with Crippen LogP contribution in [-0.4, -0.2) is 19.4 Å². The molecular weight excluding hydrogens is 254 g/mol. The van der Waals surface area contributed by atoms with Gasteiger partial charge in [0.25, 0.3) is 0 Å². The lowest BCUT2D eigenvalue weighted by molar-refractivity contribution is 0.850. The van der Waals surface area contributed by atoms with E-state index in [0.717, 1.165) is 28.7 Å². The molecule has 0 aromatic heterocycles. The molecule has 0 amide bonds. The van der Waals surface area contributed by atoms with Crippen LogP contribution in [0.1, 0.15) is 18.9 Å². The average molecular weight is 270 g/mol. The third-order valence-electron chi connectivity index (χ3n) is 2.23. The summed E-state index contributed by atoms with van der Waals surface area (Å²) in [6.07, 6.45) is 1.11. The molecule has 0 radical (unpaired) electrons. The lowest BCUT2D eigenvalue weighted by Crippen LogP contribution is -2.19. The fraction of sp³-hybridized carbons (Fsp3) is 0.364. The summed E-state index contributed by atoms with van der Waals surface area (Å²) in [5, 5.41) is 7.33. The van der Waals surface area contributed by atoms with Crippen LogP contribution in [0.5, 0.6) is 0 Å². The number of rotatable bonds is 4. The average Bonchev–Trinajstić information content (AvgIpc) is 2.17. The third kappa shape index (κ3) is 2.96. The van der Waals surface area contributed by atoms with E-state index in [0.29, 0.717) is 0 Å². The van der Waals surface area contributed by atoms with Crippen molar-refractivity contribution in [3.05, 3.63) is 28.2 Å². The summed E-state index contributed by atoms with van der Waals surface area (Å²) in [4.78, 5) is 2.17. The van der Waals surface area contributed by atoms with E-state index in [-0.39, 0.29) is 5.84 Å². The lowest BCUT2D eigenvalue weighted by Gasteiger charge is -2.20. The number of anilines is 1. The van der Waals surface area contributed by atoms with Gasteiger partial charge >= 0.3 is 0 Å². The van der Waals surface area contributed by atoms with E-state index in [1.807, 2.05) is 18.2 Å². The number of benzene rings is 1. The largest absolute Gasteiger partial charge is 0.384 e. The standard InChI is InChI=1S/C11H16BrN3/c1-3-6-15(2)10-5-4-8(11(13)14)7-9(10)12/h4-5,7H,3,6H2,1-2H3,(H3,13,14). The van der Waals surface area contributed by atoms with Gasteiger partial charge in [-0.3, -0.25) is 5.41 Å². The maximum Gasteiger partial charge on any atom is 0.122 e. The molecule has 3 N–H and O–H groups in total. The van der Waals surface area contributed by atoms with E-state index in [2.05, 4.69) is 34.8 Å². The minimum Gasteiger partial charge on any atom is -0.384 e. The number of nitrogens with zero attached hydrogens (tertiary/aromatic N) is 1. The van der Waals surface area contributed by atoms with Crippen molar-refractivity contribution in [3.8, 4) is 0 Å². The van der Waals surface area contributed by atoms with Gasteiger partial charge in [-0.05, 0) is 40.5 Å². The maximum atomic E-state index is 7.33. The van der Waals surface area contributed by atoms with Gasteiger partial charge in [-0.1, -0.05) is 6.92 Å². The summed E-state index contributed by atoms with van der Waals surface area (Å²) in [7, 11) is 2.05. The van der Waals surface area contributed by atoms with Crippen molar-refractivity contribution >= 4 is 27.5 Å². The molecule has 0 unspecified atom stereocenters. The molecule has 0 saturated heterocycles. The summed E-state index contributed by atoms with van der Waals surface area (Å²) < 4.78 is 0.978. The van der Waals surface area contributed by atoms with Crippen LogP contribution in [0, 0.1) is 5.41 Å². The molecule has 0 spiro atoms. The minimum absolute atomic E-state index is 0.0976. The molecule has 0 aliphatic rings. The van der Waals surface area contributed by atoms with Gasteiger partial charge in [0.2, 0.25) is 0 Å². The van der Waals surface area contributed by atoms with Gasteiger partial charge in [-0.15, -0.1) is 0 Å². The Morgan fingerprint density at radius 2 is 2.20 bits per heavy atom. The number of nitrogens with two attached hydrogens (primary N) is 1. The van der Waals surface area contributed by atoms with Gasteiger partial charge in [-0.2, -0.15) is 0 Å². The van der Waals surface area contributed by atoms with Crippen LogP contribution in [0.4, 0.5) is 5.69 Å². The van der Waals surface area contributed by atoms with E-state index in [9.17, 15) is 0 Å². The monoisotopic (exact) mass is 269 g/mol. The molecule has 1 rings (SSSR count). The molecule has 0 aliphatic heterocycles. The highest BCUT2D eigenvalue weighted by atomic mass is 79.9. The zero-order valence-electron chi connectivity index (χ0n) is 9.05. The molecule has 15 heavy (non-hydrogen) atoms. The smallest absolute Gasteiger partial charge is 0.122 e. The van der Waals surface area contributed by atoms with E-state index in [1.165, 1.54) is 0 Å². The molecule has 0 aliphatic carbocycles. The maximum absolute atomic E-state index is 7.33. The zero-order valence-corrected chi connectivity index (χ0v) is 10.6. The third-order valence-corrected chi connectivity index (χ3v) is 2.86. The van der Waals surface area contributed by atoms with Crippen LogP contribution < -0.4 is 10.6 Å². The quantitative estimate of drug-likeness (QED) is 0.652. The fourth-order valence-corrected chi connectivity index (χ4v) is 2.12. The summed E-state index contributed by atoms with van der Waals surface area (Å²) in [5.41, 5.74) is 7.29.